The molecule has 0 unspecified atom stereocenters. The molecule has 0 aliphatic rings. The van der Waals surface area contributed by atoms with E-state index in [1.54, 1.807) is 25.1 Å². The lowest BCUT2D eigenvalue weighted by Crippen LogP contribution is -2.31. The molecule has 0 bridgehead atoms. The van der Waals surface area contributed by atoms with Crippen LogP contribution in [0.1, 0.15) is 18.5 Å². The summed E-state index contributed by atoms with van der Waals surface area (Å²) in [4.78, 5) is 13.2. The monoisotopic (exact) mass is 465 g/mol. The van der Waals surface area contributed by atoms with Gasteiger partial charge in [0.1, 0.15) is 27.7 Å². The highest BCUT2D eigenvalue weighted by Gasteiger charge is 2.28. The van der Waals surface area contributed by atoms with Gasteiger partial charge in [0.2, 0.25) is 0 Å². The van der Waals surface area contributed by atoms with E-state index in [0.29, 0.717) is 29.7 Å². The number of methoxy groups -OCH3 is 1. The number of sulfone groups is 1. The molecule has 3 aromatic rings. The molecule has 1 heterocycles. The Morgan fingerprint density at radius 2 is 1.91 bits per heavy atom. The predicted octanol–water partition coefficient (Wildman–Crippen LogP) is 2.65. The zero-order valence-electron chi connectivity index (χ0n) is 17.6. The highest BCUT2D eigenvalue weighted by Crippen LogP contribution is 2.33. The fraction of sp³-hybridized carbons (Fsp3) is 0.333. The van der Waals surface area contributed by atoms with Crippen molar-refractivity contribution in [2.45, 2.75) is 19.5 Å². The van der Waals surface area contributed by atoms with Crippen molar-refractivity contribution >= 4 is 20.9 Å². The van der Waals surface area contributed by atoms with Crippen LogP contribution < -0.4 is 15.2 Å². The van der Waals surface area contributed by atoms with E-state index in [1.165, 1.54) is 13.2 Å². The first kappa shape index (κ1) is 23.3. The molecular weight excluding hydrogens is 444 g/mol. The molecule has 1 aromatic heterocycles. The predicted molar refractivity (Wildman–Crippen MR) is 114 cm³/mol. The maximum absolute atomic E-state index is 14.9. The number of imidazole rings is 1. The van der Waals surface area contributed by atoms with Gasteiger partial charge >= 0.3 is 5.69 Å². The van der Waals surface area contributed by atoms with Crippen LogP contribution in [0.2, 0.25) is 0 Å². The van der Waals surface area contributed by atoms with Crippen molar-refractivity contribution in [3.8, 4) is 17.6 Å². The molecule has 1 atom stereocenters. The summed E-state index contributed by atoms with van der Waals surface area (Å²) < 4.78 is 65.9. The second-order valence-corrected chi connectivity index (χ2v) is 9.29. The highest BCUT2D eigenvalue weighted by molar-refractivity contribution is 7.90. The SMILES string of the molecule is CCOc1cc([C@H](CS(C)(=O)=O)n2c(=O)n(CC#N)c3cc(F)cc(F)c32)ccc1OC. The molecule has 11 heteroatoms. The van der Waals surface area contributed by atoms with Crippen molar-refractivity contribution in [2.24, 2.45) is 0 Å². The first-order chi connectivity index (χ1) is 15.1. The Labute approximate surface area is 183 Å². The third-order valence-corrected chi connectivity index (χ3v) is 5.77. The van der Waals surface area contributed by atoms with Crippen molar-refractivity contribution in [2.75, 3.05) is 25.7 Å². The number of aromatic nitrogens is 2. The Bertz CT molecular complexity index is 1370. The van der Waals surface area contributed by atoms with Gasteiger partial charge in [-0.2, -0.15) is 5.26 Å². The van der Waals surface area contributed by atoms with Gasteiger partial charge in [-0.1, -0.05) is 6.07 Å². The fourth-order valence-corrected chi connectivity index (χ4v) is 4.53. The Morgan fingerprint density at radius 1 is 1.19 bits per heavy atom. The average Bonchev–Trinajstić information content (AvgIpc) is 2.98. The molecule has 0 spiro atoms. The molecular formula is C21H21F2N3O5S. The molecule has 0 amide bonds. The average molecular weight is 465 g/mol. The van der Waals surface area contributed by atoms with Crippen LogP contribution in [0.3, 0.4) is 0 Å². The first-order valence-electron chi connectivity index (χ1n) is 9.56. The maximum atomic E-state index is 14.9. The lowest BCUT2D eigenvalue weighted by molar-refractivity contribution is 0.310. The number of hydrogen-bond acceptors (Lipinski definition) is 6. The molecule has 170 valence electrons. The molecule has 0 aliphatic heterocycles. The second kappa shape index (κ2) is 9.00. The smallest absolute Gasteiger partial charge is 0.330 e. The number of fused-ring (bicyclic) bond motifs is 1. The van der Waals surface area contributed by atoms with Crippen molar-refractivity contribution < 1.29 is 26.7 Å². The molecule has 0 N–H and O–H groups in total. The molecule has 3 rings (SSSR count). The van der Waals surface area contributed by atoms with E-state index >= 15 is 0 Å². The van der Waals surface area contributed by atoms with E-state index in [0.717, 1.165) is 21.5 Å². The first-order valence-corrected chi connectivity index (χ1v) is 11.6. The number of nitriles is 1. The summed E-state index contributed by atoms with van der Waals surface area (Å²) in [6.07, 6.45) is 0.989. The molecule has 0 aliphatic carbocycles. The third-order valence-electron chi connectivity index (χ3n) is 4.85. The van der Waals surface area contributed by atoms with Gasteiger partial charge in [-0.15, -0.1) is 0 Å². The number of halogens is 2. The highest BCUT2D eigenvalue weighted by atomic mass is 32.2. The summed E-state index contributed by atoms with van der Waals surface area (Å²) in [6, 6.07) is 6.75. The number of benzene rings is 2. The molecule has 0 saturated heterocycles. The molecule has 2 aromatic carbocycles. The van der Waals surface area contributed by atoms with Crippen LogP contribution in [0.4, 0.5) is 8.78 Å². The molecule has 0 radical (unpaired) electrons. The zero-order valence-corrected chi connectivity index (χ0v) is 18.4. The van der Waals surface area contributed by atoms with Crippen molar-refractivity contribution in [1.82, 2.24) is 9.13 Å². The second-order valence-electron chi connectivity index (χ2n) is 7.10. The molecule has 0 saturated carbocycles. The van der Waals surface area contributed by atoms with Crippen molar-refractivity contribution in [3.63, 3.8) is 0 Å². The summed E-state index contributed by atoms with van der Waals surface area (Å²) in [7, 11) is -2.23. The van der Waals surface area contributed by atoms with Crippen LogP contribution >= 0.6 is 0 Å². The quantitative estimate of drug-likeness (QED) is 0.507. The Balaban J connectivity index is 2.38. The summed E-state index contributed by atoms with van der Waals surface area (Å²) in [5.41, 5.74) is -0.949. The van der Waals surface area contributed by atoms with Crippen LogP contribution in [0.25, 0.3) is 11.0 Å². The molecule has 8 nitrogen and oxygen atoms in total. The number of ether oxygens (including phenoxy) is 2. The van der Waals surface area contributed by atoms with Gasteiger partial charge in [0.25, 0.3) is 0 Å². The summed E-state index contributed by atoms with van der Waals surface area (Å²) in [5.74, 6) is -1.83. The Kier molecular flexibility index (Phi) is 6.55. The number of hydrogen-bond donors (Lipinski definition) is 0. The minimum atomic E-state index is -3.67. The molecule has 0 fully saturated rings. The van der Waals surface area contributed by atoms with Gasteiger partial charge in [-0.25, -0.2) is 22.0 Å². The minimum Gasteiger partial charge on any atom is -0.493 e. The Morgan fingerprint density at radius 3 is 2.50 bits per heavy atom. The van der Waals surface area contributed by atoms with Crippen LogP contribution in [0.5, 0.6) is 11.5 Å². The largest absolute Gasteiger partial charge is 0.493 e. The third kappa shape index (κ3) is 4.45. The van der Waals surface area contributed by atoms with Gasteiger partial charge in [0.15, 0.2) is 17.3 Å². The van der Waals surface area contributed by atoms with Crippen LogP contribution in [0, 0.1) is 23.0 Å². The van der Waals surface area contributed by atoms with Gasteiger partial charge in [0, 0.05) is 18.4 Å². The maximum Gasteiger partial charge on any atom is 0.330 e. The van der Waals surface area contributed by atoms with Crippen molar-refractivity contribution in [3.05, 3.63) is 58.0 Å². The van der Waals surface area contributed by atoms with E-state index in [9.17, 15) is 22.0 Å². The van der Waals surface area contributed by atoms with Gasteiger partial charge < -0.3 is 9.47 Å². The standard InChI is InChI=1S/C21H21F2N3O5S/c1-4-31-19-9-13(5-6-18(19)30-2)17(12-32(3,28)29)26-20-15(23)10-14(22)11-16(20)25(8-7-24)21(26)27/h5-6,9-11,17H,4,8,12H2,1-3H3/t17-/m0/s1. The fourth-order valence-electron chi connectivity index (χ4n) is 3.61. The van der Waals surface area contributed by atoms with E-state index in [2.05, 4.69) is 0 Å². The van der Waals surface area contributed by atoms with Gasteiger partial charge in [-0.05, 0) is 24.6 Å². The summed E-state index contributed by atoms with van der Waals surface area (Å²) in [6.45, 7) is 1.58. The number of rotatable bonds is 8. The normalized spacial score (nSPS) is 12.5. The van der Waals surface area contributed by atoms with Crippen LogP contribution in [-0.2, 0) is 16.4 Å². The van der Waals surface area contributed by atoms with Crippen molar-refractivity contribution in [1.29, 1.82) is 5.26 Å². The van der Waals surface area contributed by atoms with Gasteiger partial charge in [-0.3, -0.25) is 9.13 Å². The summed E-state index contributed by atoms with van der Waals surface area (Å²) >= 11 is 0. The zero-order chi connectivity index (χ0) is 23.6. The topological polar surface area (TPSA) is 103 Å². The van der Waals surface area contributed by atoms with E-state index in [4.69, 9.17) is 14.7 Å². The lowest BCUT2D eigenvalue weighted by atomic mass is 10.1. The van der Waals surface area contributed by atoms with E-state index in [1.807, 2.05) is 0 Å². The number of nitrogens with zero attached hydrogens (tertiary/aromatic N) is 3. The Hall–Kier alpha value is -3.39. The van der Waals surface area contributed by atoms with Crippen LogP contribution in [0.15, 0.2) is 35.1 Å². The van der Waals surface area contributed by atoms with E-state index < -0.39 is 45.5 Å². The van der Waals surface area contributed by atoms with Gasteiger partial charge in [0.05, 0.1) is 37.1 Å². The molecule has 32 heavy (non-hydrogen) atoms. The summed E-state index contributed by atoms with van der Waals surface area (Å²) in [5, 5.41) is 9.11. The van der Waals surface area contributed by atoms with Crippen LogP contribution in [-0.4, -0.2) is 43.3 Å². The lowest BCUT2D eigenvalue weighted by Gasteiger charge is -2.20. The minimum absolute atomic E-state index is 0.147. The van der Waals surface area contributed by atoms with E-state index in [-0.39, 0.29) is 11.0 Å².